The van der Waals surface area contributed by atoms with Gasteiger partial charge < -0.3 is 9.64 Å². The summed E-state index contributed by atoms with van der Waals surface area (Å²) in [5.74, 6) is 0.854. The number of pyridine rings is 1. The van der Waals surface area contributed by atoms with Crippen LogP contribution < -0.4 is 15.2 Å². The van der Waals surface area contributed by atoms with Crippen molar-refractivity contribution in [2.75, 3.05) is 57.8 Å². The van der Waals surface area contributed by atoms with Crippen molar-refractivity contribution >= 4 is 15.8 Å². The van der Waals surface area contributed by atoms with Gasteiger partial charge in [-0.2, -0.15) is 4.31 Å². The van der Waals surface area contributed by atoms with Gasteiger partial charge in [-0.1, -0.05) is 0 Å². The SMILES string of the molecule is O=S(=O)(c1ccc(NCCC[NH+]2CCOCC2)[nH+]c1)N1CCCC1. The molecule has 1 aromatic rings. The third-order valence-electron chi connectivity index (χ3n) is 4.71. The zero-order valence-electron chi connectivity index (χ0n) is 14.1. The lowest BCUT2D eigenvalue weighted by atomic mass is 10.3. The van der Waals surface area contributed by atoms with Crippen LogP contribution in [-0.4, -0.2) is 65.2 Å². The van der Waals surface area contributed by atoms with Crippen LogP contribution in [0.3, 0.4) is 0 Å². The second kappa shape index (κ2) is 8.24. The fourth-order valence-corrected chi connectivity index (χ4v) is 4.71. The Labute approximate surface area is 144 Å². The summed E-state index contributed by atoms with van der Waals surface area (Å²) in [5, 5.41) is 3.32. The molecule has 0 spiro atoms. The number of aromatic amines is 1. The number of nitrogens with one attached hydrogen (secondary N) is 3. The molecule has 24 heavy (non-hydrogen) atoms. The van der Waals surface area contributed by atoms with E-state index in [9.17, 15) is 8.42 Å². The lowest BCUT2D eigenvalue weighted by Crippen LogP contribution is -3.14. The van der Waals surface area contributed by atoms with Crippen LogP contribution in [-0.2, 0) is 14.8 Å². The second-order valence-electron chi connectivity index (χ2n) is 6.44. The van der Waals surface area contributed by atoms with Crippen LogP contribution in [0.25, 0.3) is 0 Å². The maximum absolute atomic E-state index is 12.5. The van der Waals surface area contributed by atoms with Crippen LogP contribution in [0.1, 0.15) is 19.3 Å². The predicted molar refractivity (Wildman–Crippen MR) is 90.5 cm³/mol. The summed E-state index contributed by atoms with van der Waals surface area (Å²) in [6.45, 7) is 7.19. The molecule has 0 saturated carbocycles. The first-order valence-corrected chi connectivity index (χ1v) is 10.3. The van der Waals surface area contributed by atoms with Crippen molar-refractivity contribution in [1.29, 1.82) is 0 Å². The van der Waals surface area contributed by atoms with E-state index >= 15 is 0 Å². The minimum absolute atomic E-state index is 0.340. The summed E-state index contributed by atoms with van der Waals surface area (Å²) in [6.07, 6.45) is 4.57. The molecule has 1 aromatic heterocycles. The molecule has 8 heteroatoms. The first kappa shape index (κ1) is 17.6. The summed E-state index contributed by atoms with van der Waals surface area (Å²) in [4.78, 5) is 5.00. The van der Waals surface area contributed by atoms with Gasteiger partial charge in [0, 0.05) is 25.6 Å². The van der Waals surface area contributed by atoms with Crippen LogP contribution >= 0.6 is 0 Å². The van der Waals surface area contributed by atoms with Crippen molar-refractivity contribution in [2.24, 2.45) is 0 Å². The Hall–Kier alpha value is -1.22. The summed E-state index contributed by atoms with van der Waals surface area (Å²) in [5.41, 5.74) is 0. The molecule has 0 amide bonds. The van der Waals surface area contributed by atoms with Gasteiger partial charge in [0.15, 0.2) is 0 Å². The van der Waals surface area contributed by atoms with Gasteiger partial charge in [-0.25, -0.2) is 13.4 Å². The number of quaternary nitrogens is 1. The van der Waals surface area contributed by atoms with Crippen molar-refractivity contribution in [3.05, 3.63) is 18.3 Å². The van der Waals surface area contributed by atoms with Crippen LogP contribution in [0.2, 0.25) is 0 Å². The number of hydrogen-bond acceptors (Lipinski definition) is 4. The minimum atomic E-state index is -3.34. The molecule has 0 aliphatic carbocycles. The van der Waals surface area contributed by atoms with Crippen molar-refractivity contribution in [1.82, 2.24) is 4.31 Å². The van der Waals surface area contributed by atoms with Crippen LogP contribution in [0.4, 0.5) is 5.82 Å². The third kappa shape index (κ3) is 4.44. The fraction of sp³-hybridized carbons (Fsp3) is 0.688. The molecule has 0 bridgehead atoms. The van der Waals surface area contributed by atoms with E-state index in [1.165, 1.54) is 0 Å². The highest BCUT2D eigenvalue weighted by Crippen LogP contribution is 2.19. The highest BCUT2D eigenvalue weighted by atomic mass is 32.2. The molecule has 3 N–H and O–H groups in total. The molecule has 2 fully saturated rings. The Morgan fingerprint density at radius 2 is 1.96 bits per heavy atom. The Bertz CT molecular complexity index is 609. The molecule has 3 heterocycles. The van der Waals surface area contributed by atoms with E-state index in [2.05, 4.69) is 10.3 Å². The van der Waals surface area contributed by atoms with Gasteiger partial charge >= 0.3 is 0 Å². The second-order valence-corrected chi connectivity index (χ2v) is 8.38. The van der Waals surface area contributed by atoms with E-state index in [1.54, 1.807) is 21.5 Å². The van der Waals surface area contributed by atoms with E-state index in [0.29, 0.717) is 18.0 Å². The number of anilines is 1. The molecule has 2 aliphatic heterocycles. The number of hydrogen-bond donors (Lipinski definition) is 2. The topological polar surface area (TPSA) is 77.2 Å². The van der Waals surface area contributed by atoms with Gasteiger partial charge in [0.1, 0.15) is 24.2 Å². The van der Waals surface area contributed by atoms with E-state index in [0.717, 1.165) is 64.5 Å². The summed E-state index contributed by atoms with van der Waals surface area (Å²) < 4.78 is 31.8. The zero-order chi connectivity index (χ0) is 16.8. The maximum atomic E-state index is 12.5. The third-order valence-corrected chi connectivity index (χ3v) is 6.60. The number of morpholine rings is 1. The Kier molecular flexibility index (Phi) is 6.04. The Morgan fingerprint density at radius 3 is 2.62 bits per heavy atom. The lowest BCUT2D eigenvalue weighted by molar-refractivity contribution is -0.908. The molecular weight excluding hydrogens is 328 g/mol. The molecule has 0 atom stereocenters. The largest absolute Gasteiger partial charge is 0.370 e. The molecule has 134 valence electrons. The summed E-state index contributed by atoms with van der Waals surface area (Å²) in [7, 11) is -3.34. The molecule has 0 radical (unpaired) electrons. The summed E-state index contributed by atoms with van der Waals surface area (Å²) >= 11 is 0. The predicted octanol–water partition coefficient (Wildman–Crippen LogP) is -0.998. The molecule has 2 saturated heterocycles. The van der Waals surface area contributed by atoms with Crippen molar-refractivity contribution < 1.29 is 23.0 Å². The number of ether oxygens (including phenoxy) is 1. The molecule has 0 aromatic carbocycles. The highest BCUT2D eigenvalue weighted by molar-refractivity contribution is 7.89. The average Bonchev–Trinajstić information content (AvgIpc) is 3.16. The average molecular weight is 356 g/mol. The molecule has 7 nitrogen and oxygen atoms in total. The Morgan fingerprint density at radius 1 is 1.21 bits per heavy atom. The van der Waals surface area contributed by atoms with E-state index in [4.69, 9.17) is 4.74 Å². The number of rotatable bonds is 7. The van der Waals surface area contributed by atoms with Gasteiger partial charge in [0.2, 0.25) is 10.0 Å². The number of aromatic nitrogens is 1. The maximum Gasteiger partial charge on any atom is 0.272 e. The quantitative estimate of drug-likeness (QED) is 0.615. The normalized spacial score (nSPS) is 20.3. The minimum Gasteiger partial charge on any atom is -0.370 e. The smallest absolute Gasteiger partial charge is 0.272 e. The first-order valence-electron chi connectivity index (χ1n) is 8.83. The van der Waals surface area contributed by atoms with E-state index in [-0.39, 0.29) is 0 Å². The van der Waals surface area contributed by atoms with Crippen LogP contribution in [0, 0.1) is 0 Å². The number of sulfonamides is 1. The van der Waals surface area contributed by atoms with E-state index < -0.39 is 10.0 Å². The van der Waals surface area contributed by atoms with Gasteiger partial charge in [0.25, 0.3) is 5.82 Å². The fourth-order valence-electron chi connectivity index (χ4n) is 3.23. The van der Waals surface area contributed by atoms with Gasteiger partial charge in [-0.15, -0.1) is 0 Å². The Balaban J connectivity index is 1.46. The standard InChI is InChI=1S/C16H26N4O3S/c21-24(22,20-8-1-2-9-20)15-4-5-16(18-14-15)17-6-3-7-19-10-12-23-13-11-19/h4-5,14H,1-3,6-13H2,(H,17,18)/p+2. The highest BCUT2D eigenvalue weighted by Gasteiger charge is 2.28. The lowest BCUT2D eigenvalue weighted by Gasteiger charge is -2.23. The zero-order valence-corrected chi connectivity index (χ0v) is 14.9. The monoisotopic (exact) mass is 356 g/mol. The van der Waals surface area contributed by atoms with Gasteiger partial charge in [-0.05, 0) is 18.9 Å². The molecular formula is C16H28N4O3S+2. The van der Waals surface area contributed by atoms with Crippen molar-refractivity contribution in [3.63, 3.8) is 0 Å². The summed E-state index contributed by atoms with van der Waals surface area (Å²) in [6, 6.07) is 3.49. The molecule has 0 unspecified atom stereocenters. The van der Waals surface area contributed by atoms with E-state index in [1.807, 2.05) is 6.07 Å². The van der Waals surface area contributed by atoms with Crippen LogP contribution in [0.15, 0.2) is 23.2 Å². The number of H-pyrrole nitrogens is 1. The van der Waals surface area contributed by atoms with Gasteiger partial charge in [0.05, 0.1) is 26.3 Å². The number of nitrogens with zero attached hydrogens (tertiary/aromatic N) is 1. The molecule has 3 rings (SSSR count). The van der Waals surface area contributed by atoms with Gasteiger partial charge in [-0.3, -0.25) is 5.32 Å². The molecule has 2 aliphatic rings. The van der Waals surface area contributed by atoms with Crippen LogP contribution in [0.5, 0.6) is 0 Å². The van der Waals surface area contributed by atoms with Crippen molar-refractivity contribution in [2.45, 2.75) is 24.2 Å². The first-order chi connectivity index (χ1) is 11.7. The van der Waals surface area contributed by atoms with Crippen molar-refractivity contribution in [3.8, 4) is 0 Å².